The quantitative estimate of drug-likeness (QED) is 0.598. The molecule has 2 unspecified atom stereocenters. The van der Waals surface area contributed by atoms with Gasteiger partial charge in [-0.3, -0.25) is 4.79 Å². The standard InChI is InChI=1S/C21H20Cl2N2O5S2/c1-29-17-6-3-12(7-18(17)30-2)8-20(26)24-21-25(13-4-5-14(22)15(23)9-13)16-10-32(27,28)11-19(16)31-21/h3-7,9,16,19H,8,10-11H2,1-2H3. The molecule has 0 N–H and O–H groups in total. The zero-order chi connectivity index (χ0) is 23.0. The normalized spacial score (nSPS) is 22.8. The van der Waals surface area contributed by atoms with Crippen LogP contribution in [0.25, 0.3) is 0 Å². The summed E-state index contributed by atoms with van der Waals surface area (Å²) >= 11 is 13.5. The van der Waals surface area contributed by atoms with Gasteiger partial charge in [0.15, 0.2) is 26.5 Å². The van der Waals surface area contributed by atoms with E-state index in [0.717, 1.165) is 5.56 Å². The third-order valence-corrected chi connectivity index (χ3v) is 9.22. The number of rotatable bonds is 5. The number of anilines is 1. The fourth-order valence-corrected chi connectivity index (χ4v) is 8.04. The minimum Gasteiger partial charge on any atom is -0.493 e. The van der Waals surface area contributed by atoms with E-state index in [2.05, 4.69) is 4.99 Å². The highest BCUT2D eigenvalue weighted by atomic mass is 35.5. The molecule has 0 bridgehead atoms. The molecule has 2 aliphatic rings. The minimum atomic E-state index is -3.17. The number of amidine groups is 1. The Morgan fingerprint density at radius 2 is 1.84 bits per heavy atom. The molecule has 2 atom stereocenters. The van der Waals surface area contributed by atoms with E-state index < -0.39 is 9.84 Å². The molecule has 2 fully saturated rings. The Kier molecular flexibility index (Phi) is 6.63. The Morgan fingerprint density at radius 3 is 2.53 bits per heavy atom. The molecule has 11 heteroatoms. The molecule has 7 nitrogen and oxygen atoms in total. The number of amides is 1. The molecule has 2 heterocycles. The smallest absolute Gasteiger partial charge is 0.252 e. The number of fused-ring (bicyclic) bond motifs is 1. The Morgan fingerprint density at radius 1 is 1.09 bits per heavy atom. The van der Waals surface area contributed by atoms with Gasteiger partial charge < -0.3 is 14.4 Å². The number of halogens is 2. The van der Waals surface area contributed by atoms with Crippen LogP contribution in [0.15, 0.2) is 41.4 Å². The second-order valence-electron chi connectivity index (χ2n) is 7.42. The molecule has 2 aliphatic heterocycles. The molecule has 2 aromatic rings. The number of benzene rings is 2. The zero-order valence-electron chi connectivity index (χ0n) is 17.2. The first-order valence-electron chi connectivity index (χ1n) is 9.64. The lowest BCUT2D eigenvalue weighted by molar-refractivity contribution is -0.117. The molecular formula is C21H20Cl2N2O5S2. The number of methoxy groups -OCH3 is 2. The van der Waals surface area contributed by atoms with Crippen molar-refractivity contribution in [2.75, 3.05) is 30.6 Å². The molecule has 0 radical (unpaired) electrons. The molecule has 0 aliphatic carbocycles. The predicted molar refractivity (Wildman–Crippen MR) is 128 cm³/mol. The van der Waals surface area contributed by atoms with Crippen LogP contribution in [0.1, 0.15) is 5.56 Å². The van der Waals surface area contributed by atoms with Gasteiger partial charge in [0, 0.05) is 10.9 Å². The van der Waals surface area contributed by atoms with Gasteiger partial charge in [-0.05, 0) is 35.9 Å². The molecule has 0 spiro atoms. The van der Waals surface area contributed by atoms with E-state index in [1.165, 1.54) is 18.9 Å². The number of aliphatic imine (C=N–C) groups is 1. The number of sulfone groups is 1. The number of carbonyl (C=O) groups is 1. The van der Waals surface area contributed by atoms with Crippen LogP contribution in [0.3, 0.4) is 0 Å². The number of hydrogen-bond donors (Lipinski definition) is 0. The van der Waals surface area contributed by atoms with E-state index in [1.807, 2.05) is 0 Å². The van der Waals surface area contributed by atoms with Crippen molar-refractivity contribution in [2.24, 2.45) is 4.99 Å². The summed E-state index contributed by atoms with van der Waals surface area (Å²) in [7, 11) is -0.0959. The monoisotopic (exact) mass is 514 g/mol. The fourth-order valence-electron chi connectivity index (χ4n) is 3.81. The summed E-state index contributed by atoms with van der Waals surface area (Å²) in [5, 5.41) is 0.983. The zero-order valence-corrected chi connectivity index (χ0v) is 20.4. The second-order valence-corrected chi connectivity index (χ2v) is 11.6. The first-order valence-corrected chi connectivity index (χ1v) is 13.1. The molecule has 4 rings (SSSR count). The SMILES string of the molecule is COc1ccc(CC(=O)N=C2SC3CS(=O)(=O)CC3N2c2ccc(Cl)c(Cl)c2)cc1OC. The van der Waals surface area contributed by atoms with E-state index in [1.54, 1.807) is 48.4 Å². The highest BCUT2D eigenvalue weighted by Gasteiger charge is 2.49. The molecular weight excluding hydrogens is 495 g/mol. The van der Waals surface area contributed by atoms with Gasteiger partial charge in [0.2, 0.25) is 0 Å². The molecule has 0 aromatic heterocycles. The third-order valence-electron chi connectivity index (χ3n) is 5.27. The molecule has 2 aromatic carbocycles. The van der Waals surface area contributed by atoms with Gasteiger partial charge in [-0.1, -0.05) is 41.0 Å². The first-order chi connectivity index (χ1) is 15.2. The summed E-state index contributed by atoms with van der Waals surface area (Å²) in [5.74, 6) is 0.781. The maximum Gasteiger partial charge on any atom is 0.252 e. The maximum absolute atomic E-state index is 12.8. The van der Waals surface area contributed by atoms with Gasteiger partial charge in [-0.15, -0.1) is 0 Å². The number of nitrogens with zero attached hydrogens (tertiary/aromatic N) is 2. The molecule has 2 saturated heterocycles. The van der Waals surface area contributed by atoms with E-state index >= 15 is 0 Å². The number of hydrogen-bond acceptors (Lipinski definition) is 6. The van der Waals surface area contributed by atoms with E-state index in [4.69, 9.17) is 32.7 Å². The molecule has 32 heavy (non-hydrogen) atoms. The first kappa shape index (κ1) is 23.2. The average Bonchev–Trinajstić information content (AvgIpc) is 3.20. The average molecular weight is 515 g/mol. The summed E-state index contributed by atoms with van der Waals surface area (Å²) in [6.45, 7) is 0. The van der Waals surface area contributed by atoms with Crippen molar-refractivity contribution in [3.8, 4) is 11.5 Å². The molecule has 170 valence electrons. The van der Waals surface area contributed by atoms with Crippen molar-refractivity contribution in [3.63, 3.8) is 0 Å². The van der Waals surface area contributed by atoms with Crippen molar-refractivity contribution in [2.45, 2.75) is 17.7 Å². The van der Waals surface area contributed by atoms with E-state index in [0.29, 0.717) is 32.4 Å². The van der Waals surface area contributed by atoms with Gasteiger partial charge >= 0.3 is 0 Å². The Hall–Kier alpha value is -1.94. The van der Waals surface area contributed by atoms with Crippen LogP contribution in [0.5, 0.6) is 11.5 Å². The second kappa shape index (κ2) is 9.13. The van der Waals surface area contributed by atoms with Gasteiger partial charge in [-0.2, -0.15) is 4.99 Å². The molecule has 1 amide bonds. The van der Waals surface area contributed by atoms with Gasteiger partial charge in [0.1, 0.15) is 0 Å². The summed E-state index contributed by atoms with van der Waals surface area (Å²) in [6.07, 6.45) is 0.0628. The van der Waals surface area contributed by atoms with Crippen molar-refractivity contribution in [1.29, 1.82) is 0 Å². The summed E-state index contributed by atoms with van der Waals surface area (Å²) in [4.78, 5) is 18.9. The van der Waals surface area contributed by atoms with Crippen LogP contribution in [-0.4, -0.2) is 56.5 Å². The number of thioether (sulfide) groups is 1. The van der Waals surface area contributed by atoms with Crippen LogP contribution < -0.4 is 14.4 Å². The van der Waals surface area contributed by atoms with Crippen molar-refractivity contribution < 1.29 is 22.7 Å². The van der Waals surface area contributed by atoms with Crippen LogP contribution in [-0.2, 0) is 21.1 Å². The number of carbonyl (C=O) groups excluding carboxylic acids is 1. The van der Waals surface area contributed by atoms with Crippen molar-refractivity contribution in [1.82, 2.24) is 0 Å². The lowest BCUT2D eigenvalue weighted by Crippen LogP contribution is -2.37. The lowest BCUT2D eigenvalue weighted by atomic mass is 10.1. The van der Waals surface area contributed by atoms with Gasteiger partial charge in [0.05, 0.1) is 48.2 Å². The highest BCUT2D eigenvalue weighted by Crippen LogP contribution is 2.42. The third kappa shape index (κ3) is 4.71. The Bertz CT molecular complexity index is 1200. The minimum absolute atomic E-state index is 0.00615. The lowest BCUT2D eigenvalue weighted by Gasteiger charge is -2.24. The Labute approximate surface area is 200 Å². The summed E-state index contributed by atoms with van der Waals surface area (Å²) in [6, 6.07) is 9.97. The number of ether oxygens (including phenoxy) is 2. The van der Waals surface area contributed by atoms with Crippen LogP contribution >= 0.6 is 35.0 Å². The topological polar surface area (TPSA) is 85.3 Å². The molecule has 0 saturated carbocycles. The maximum atomic E-state index is 12.8. The summed E-state index contributed by atoms with van der Waals surface area (Å²) < 4.78 is 34.9. The van der Waals surface area contributed by atoms with Crippen LogP contribution in [0.4, 0.5) is 5.69 Å². The van der Waals surface area contributed by atoms with E-state index in [-0.39, 0.29) is 35.1 Å². The highest BCUT2D eigenvalue weighted by molar-refractivity contribution is 8.16. The van der Waals surface area contributed by atoms with Crippen LogP contribution in [0, 0.1) is 0 Å². The van der Waals surface area contributed by atoms with E-state index in [9.17, 15) is 13.2 Å². The largest absolute Gasteiger partial charge is 0.493 e. The fraction of sp³-hybridized carbons (Fsp3) is 0.333. The van der Waals surface area contributed by atoms with Gasteiger partial charge in [0.25, 0.3) is 5.91 Å². The predicted octanol–water partition coefficient (Wildman–Crippen LogP) is 3.85. The van der Waals surface area contributed by atoms with Crippen LogP contribution in [0.2, 0.25) is 10.0 Å². The van der Waals surface area contributed by atoms with Crippen molar-refractivity contribution >= 4 is 61.6 Å². The summed E-state index contributed by atoms with van der Waals surface area (Å²) in [5.41, 5.74) is 1.37. The van der Waals surface area contributed by atoms with Gasteiger partial charge in [-0.25, -0.2) is 8.42 Å². The Balaban J connectivity index is 1.63. The van der Waals surface area contributed by atoms with Crippen molar-refractivity contribution in [3.05, 3.63) is 52.0 Å².